The van der Waals surface area contributed by atoms with Crippen LogP contribution in [-0.2, 0) is 0 Å². The Balaban J connectivity index is 1.69. The van der Waals surface area contributed by atoms with Gasteiger partial charge < -0.3 is 5.32 Å². The molecular formula is C14H27N. The minimum atomic E-state index is 0.793. The molecule has 0 bridgehead atoms. The molecule has 3 atom stereocenters. The molecule has 1 spiro atoms. The van der Waals surface area contributed by atoms with Crippen molar-refractivity contribution in [2.24, 2.45) is 23.2 Å². The van der Waals surface area contributed by atoms with Gasteiger partial charge in [0.05, 0.1) is 0 Å². The van der Waals surface area contributed by atoms with Crippen molar-refractivity contribution in [3.05, 3.63) is 0 Å². The molecule has 15 heavy (non-hydrogen) atoms. The second kappa shape index (κ2) is 4.45. The molecule has 0 aliphatic heterocycles. The lowest BCUT2D eigenvalue weighted by Crippen LogP contribution is -2.25. The average Bonchev–Trinajstić information content (AvgIpc) is 2.77. The van der Waals surface area contributed by atoms with E-state index in [1.165, 1.54) is 45.2 Å². The maximum absolute atomic E-state index is 3.63. The summed E-state index contributed by atoms with van der Waals surface area (Å²) in [6.07, 6.45) is 7.52. The summed E-state index contributed by atoms with van der Waals surface area (Å²) in [6.45, 7) is 9.50. The third kappa shape index (κ3) is 2.75. The van der Waals surface area contributed by atoms with Crippen LogP contribution in [0.25, 0.3) is 0 Å². The lowest BCUT2D eigenvalue weighted by Gasteiger charge is -2.28. The van der Waals surface area contributed by atoms with Crippen molar-refractivity contribution in [2.45, 2.75) is 52.9 Å². The molecule has 0 saturated heterocycles. The van der Waals surface area contributed by atoms with Gasteiger partial charge in [-0.3, -0.25) is 0 Å². The highest BCUT2D eigenvalue weighted by molar-refractivity contribution is 5.05. The van der Waals surface area contributed by atoms with E-state index in [9.17, 15) is 0 Å². The summed E-state index contributed by atoms with van der Waals surface area (Å²) in [5.74, 6) is 2.80. The van der Waals surface area contributed by atoms with Crippen LogP contribution in [-0.4, -0.2) is 13.1 Å². The van der Waals surface area contributed by atoms with Crippen molar-refractivity contribution in [3.63, 3.8) is 0 Å². The Morgan fingerprint density at radius 1 is 1.33 bits per heavy atom. The molecule has 3 unspecified atom stereocenters. The van der Waals surface area contributed by atoms with Gasteiger partial charge in [-0.05, 0) is 55.5 Å². The molecule has 1 heteroatoms. The van der Waals surface area contributed by atoms with Crippen LogP contribution in [0.5, 0.6) is 0 Å². The van der Waals surface area contributed by atoms with Gasteiger partial charge in [0.15, 0.2) is 0 Å². The summed E-state index contributed by atoms with van der Waals surface area (Å²) in [7, 11) is 0. The molecule has 2 rings (SSSR count). The summed E-state index contributed by atoms with van der Waals surface area (Å²) in [4.78, 5) is 0. The largest absolute Gasteiger partial charge is 0.316 e. The van der Waals surface area contributed by atoms with Crippen molar-refractivity contribution < 1.29 is 0 Å². The van der Waals surface area contributed by atoms with Gasteiger partial charge in [-0.15, -0.1) is 0 Å². The SMILES string of the molecule is CC(C)CNCC1CC12CCCC(C)C2. The molecule has 0 aromatic rings. The quantitative estimate of drug-likeness (QED) is 0.748. The van der Waals surface area contributed by atoms with Crippen molar-refractivity contribution >= 4 is 0 Å². The van der Waals surface area contributed by atoms with Gasteiger partial charge in [-0.1, -0.05) is 33.6 Å². The van der Waals surface area contributed by atoms with Gasteiger partial charge in [-0.2, -0.15) is 0 Å². The van der Waals surface area contributed by atoms with E-state index in [4.69, 9.17) is 0 Å². The number of hydrogen-bond acceptors (Lipinski definition) is 1. The Bertz CT molecular complexity index is 211. The minimum absolute atomic E-state index is 0.793. The smallest absolute Gasteiger partial charge is 0.00149 e. The lowest BCUT2D eigenvalue weighted by atomic mass is 9.78. The van der Waals surface area contributed by atoms with E-state index in [0.717, 1.165) is 23.2 Å². The molecule has 0 heterocycles. The second-order valence-corrected chi connectivity index (χ2v) is 6.52. The molecule has 2 aliphatic rings. The molecule has 2 fully saturated rings. The maximum atomic E-state index is 3.63. The first-order valence-electron chi connectivity index (χ1n) is 6.83. The van der Waals surface area contributed by atoms with Crippen LogP contribution in [0.1, 0.15) is 52.9 Å². The first-order chi connectivity index (χ1) is 7.12. The second-order valence-electron chi connectivity index (χ2n) is 6.52. The van der Waals surface area contributed by atoms with Crippen molar-refractivity contribution in [1.29, 1.82) is 0 Å². The van der Waals surface area contributed by atoms with E-state index < -0.39 is 0 Å². The van der Waals surface area contributed by atoms with E-state index in [1.807, 2.05) is 0 Å². The Morgan fingerprint density at radius 2 is 2.13 bits per heavy atom. The Kier molecular flexibility index (Phi) is 3.39. The van der Waals surface area contributed by atoms with Gasteiger partial charge in [0.2, 0.25) is 0 Å². The van der Waals surface area contributed by atoms with Gasteiger partial charge in [0.1, 0.15) is 0 Å². The standard InChI is InChI=1S/C14H27N/c1-11(2)9-15-10-13-8-14(13)6-4-5-12(3)7-14/h11-13,15H,4-10H2,1-3H3. The molecule has 88 valence electrons. The van der Waals surface area contributed by atoms with Gasteiger partial charge in [0, 0.05) is 0 Å². The molecule has 0 radical (unpaired) electrons. The summed E-state index contributed by atoms with van der Waals surface area (Å²) in [5, 5.41) is 3.63. The topological polar surface area (TPSA) is 12.0 Å². The Hall–Kier alpha value is -0.0400. The van der Waals surface area contributed by atoms with Crippen LogP contribution in [0.2, 0.25) is 0 Å². The van der Waals surface area contributed by atoms with Crippen molar-refractivity contribution in [2.75, 3.05) is 13.1 Å². The predicted molar refractivity (Wildman–Crippen MR) is 65.9 cm³/mol. The fourth-order valence-corrected chi connectivity index (χ4v) is 3.52. The van der Waals surface area contributed by atoms with Crippen molar-refractivity contribution in [1.82, 2.24) is 5.32 Å². The fraction of sp³-hybridized carbons (Fsp3) is 1.00. The zero-order valence-electron chi connectivity index (χ0n) is 10.7. The third-order valence-corrected chi connectivity index (χ3v) is 4.43. The molecule has 0 aromatic heterocycles. The van der Waals surface area contributed by atoms with E-state index in [0.29, 0.717) is 0 Å². The fourth-order valence-electron chi connectivity index (χ4n) is 3.52. The number of rotatable bonds is 4. The summed E-state index contributed by atoms with van der Waals surface area (Å²) in [6, 6.07) is 0. The Morgan fingerprint density at radius 3 is 2.80 bits per heavy atom. The van der Waals surface area contributed by atoms with Gasteiger partial charge >= 0.3 is 0 Å². The summed E-state index contributed by atoms with van der Waals surface area (Å²) in [5.41, 5.74) is 0.793. The van der Waals surface area contributed by atoms with Crippen LogP contribution < -0.4 is 5.32 Å². The van der Waals surface area contributed by atoms with Gasteiger partial charge in [0.25, 0.3) is 0 Å². The predicted octanol–water partition coefficient (Wildman–Crippen LogP) is 3.45. The molecule has 2 aliphatic carbocycles. The zero-order chi connectivity index (χ0) is 10.9. The van der Waals surface area contributed by atoms with Crippen LogP contribution in [0.3, 0.4) is 0 Å². The van der Waals surface area contributed by atoms with E-state index in [1.54, 1.807) is 0 Å². The summed E-state index contributed by atoms with van der Waals surface area (Å²) < 4.78 is 0. The normalized spacial score (nSPS) is 40.0. The molecule has 1 N–H and O–H groups in total. The number of hydrogen-bond donors (Lipinski definition) is 1. The molecule has 0 aromatic carbocycles. The van der Waals surface area contributed by atoms with E-state index in [2.05, 4.69) is 26.1 Å². The van der Waals surface area contributed by atoms with Crippen LogP contribution in [0.15, 0.2) is 0 Å². The Labute approximate surface area is 95.0 Å². The molecule has 1 nitrogen and oxygen atoms in total. The van der Waals surface area contributed by atoms with E-state index in [-0.39, 0.29) is 0 Å². The highest BCUT2D eigenvalue weighted by Gasteiger charge is 2.54. The van der Waals surface area contributed by atoms with E-state index >= 15 is 0 Å². The van der Waals surface area contributed by atoms with Crippen molar-refractivity contribution in [3.8, 4) is 0 Å². The van der Waals surface area contributed by atoms with Crippen LogP contribution in [0, 0.1) is 23.2 Å². The molecule has 0 amide bonds. The van der Waals surface area contributed by atoms with Crippen LogP contribution in [0.4, 0.5) is 0 Å². The number of nitrogens with one attached hydrogen (secondary N) is 1. The summed E-state index contributed by atoms with van der Waals surface area (Å²) >= 11 is 0. The highest BCUT2D eigenvalue weighted by Crippen LogP contribution is 2.62. The molecule has 2 saturated carbocycles. The first-order valence-corrected chi connectivity index (χ1v) is 6.83. The first kappa shape index (κ1) is 11.4. The third-order valence-electron chi connectivity index (χ3n) is 4.43. The monoisotopic (exact) mass is 209 g/mol. The zero-order valence-corrected chi connectivity index (χ0v) is 10.7. The van der Waals surface area contributed by atoms with Gasteiger partial charge in [-0.25, -0.2) is 0 Å². The maximum Gasteiger partial charge on any atom is -0.00149 e. The average molecular weight is 209 g/mol. The highest BCUT2D eigenvalue weighted by atomic mass is 14.9. The molecular weight excluding hydrogens is 182 g/mol. The lowest BCUT2D eigenvalue weighted by molar-refractivity contribution is 0.240. The minimum Gasteiger partial charge on any atom is -0.316 e. The van der Waals surface area contributed by atoms with Crippen LogP contribution >= 0.6 is 0 Å².